The lowest BCUT2D eigenvalue weighted by molar-refractivity contribution is -0.161. The highest BCUT2D eigenvalue weighted by Gasteiger charge is 2.30. The summed E-state index contributed by atoms with van der Waals surface area (Å²) in [6.07, 6.45) is -1.42. The van der Waals surface area contributed by atoms with Crippen LogP contribution in [0.2, 0.25) is 0 Å². The van der Waals surface area contributed by atoms with E-state index < -0.39 is 37.2 Å². The Labute approximate surface area is 413 Å². The number of rotatable bonds is 12. The normalized spacial score (nSPS) is 25.7. The molecule has 4 unspecified atom stereocenters. The molecule has 2 aliphatic heterocycles. The van der Waals surface area contributed by atoms with Crippen molar-refractivity contribution in [1.29, 1.82) is 0 Å². The molecular formula is C56H70N4O10. The lowest BCUT2D eigenvalue weighted by Gasteiger charge is -2.35. The highest BCUT2D eigenvalue weighted by molar-refractivity contribution is 5.77. The smallest absolute Gasteiger partial charge is 0.225 e. The van der Waals surface area contributed by atoms with Crippen LogP contribution in [-0.2, 0) is 60.6 Å². The molecule has 14 nitrogen and oxygen atoms in total. The van der Waals surface area contributed by atoms with Crippen LogP contribution in [0.1, 0.15) is 83.2 Å². The zero-order valence-corrected chi connectivity index (χ0v) is 40.9. The first-order valence-corrected chi connectivity index (χ1v) is 24.2. The second-order valence-electron chi connectivity index (χ2n) is 17.7. The van der Waals surface area contributed by atoms with Crippen molar-refractivity contribution in [2.45, 2.75) is 88.1 Å². The van der Waals surface area contributed by atoms with E-state index in [4.69, 9.17) is 37.9 Å². The largest absolute Gasteiger partial charge is 0.356 e. The average molecular weight is 959 g/mol. The number of hydrogen-bond donors (Lipinski definition) is 2. The summed E-state index contributed by atoms with van der Waals surface area (Å²) >= 11 is 0. The monoisotopic (exact) mass is 959 g/mol. The molecule has 70 heavy (non-hydrogen) atoms. The number of carbonyl (C=O) groups is 2. The second kappa shape index (κ2) is 27.9. The molecular weight excluding hydrogens is 889 g/mol. The van der Waals surface area contributed by atoms with Gasteiger partial charge in [-0.05, 0) is 33.4 Å². The standard InChI is InChI=1S/C56H70N4O10/c1-63-53-29-31-59(49(45-21-13-7-14-22-45)39-69-55(65-3)33-51(61)57-47(37-67-53)43-17-9-5-10-18-43)35-41-25-27-42(28-26-41)36-60-32-30-54(64-2)68-38-48(44-19-11-6-12-20-44)58-52(62)34-56(66-4)70-40-50(60)46-23-15-8-16-24-46/h5-28,47-50,53-56H,29-40H2,1-4H3,(H,57,61)(H,58,62)/t47-,48-,49-,50-,53?,54?,55?,56?/m0/s1. The van der Waals surface area contributed by atoms with Gasteiger partial charge in [-0.15, -0.1) is 0 Å². The van der Waals surface area contributed by atoms with E-state index in [1.165, 1.54) is 0 Å². The molecule has 0 bridgehead atoms. The quantitative estimate of drug-likeness (QED) is 0.125. The van der Waals surface area contributed by atoms with Crippen molar-refractivity contribution in [3.05, 3.63) is 179 Å². The molecule has 0 saturated carbocycles. The number of methoxy groups -OCH3 is 4. The topological polar surface area (TPSA) is 139 Å². The summed E-state index contributed by atoms with van der Waals surface area (Å²) in [5.41, 5.74) is 6.23. The summed E-state index contributed by atoms with van der Waals surface area (Å²) in [5, 5.41) is 6.26. The van der Waals surface area contributed by atoms with Crippen molar-refractivity contribution in [3.63, 3.8) is 0 Å². The third kappa shape index (κ3) is 15.8. The van der Waals surface area contributed by atoms with Gasteiger partial charge in [0.25, 0.3) is 0 Å². The van der Waals surface area contributed by atoms with Crippen LogP contribution in [0.4, 0.5) is 0 Å². The van der Waals surface area contributed by atoms with Gasteiger partial charge < -0.3 is 48.5 Å². The summed E-state index contributed by atoms with van der Waals surface area (Å²) in [5.74, 6) is -0.413. The molecule has 0 radical (unpaired) electrons. The van der Waals surface area contributed by atoms with E-state index in [2.05, 4.69) is 69.0 Å². The summed E-state index contributed by atoms with van der Waals surface area (Å²) in [6.45, 7) is 3.43. The van der Waals surface area contributed by atoms with Gasteiger partial charge in [-0.25, -0.2) is 0 Å². The maximum atomic E-state index is 13.5. The predicted molar refractivity (Wildman–Crippen MR) is 266 cm³/mol. The Morgan fingerprint density at radius 2 is 0.743 bits per heavy atom. The Morgan fingerprint density at radius 1 is 0.429 bits per heavy atom. The molecule has 14 heteroatoms. The van der Waals surface area contributed by atoms with Crippen molar-refractivity contribution in [2.24, 2.45) is 0 Å². The van der Waals surface area contributed by atoms with Gasteiger partial charge in [0.2, 0.25) is 11.8 Å². The molecule has 2 saturated heterocycles. The summed E-state index contributed by atoms with van der Waals surface area (Å²) in [4.78, 5) is 31.7. The first-order chi connectivity index (χ1) is 34.3. The van der Waals surface area contributed by atoms with E-state index in [1.54, 1.807) is 28.4 Å². The Morgan fingerprint density at radius 3 is 1.07 bits per heavy atom. The number of hydrogen-bond acceptors (Lipinski definition) is 12. The van der Waals surface area contributed by atoms with Gasteiger partial charge in [0.15, 0.2) is 25.2 Å². The fraction of sp³-hybridized carbons (Fsp3) is 0.429. The van der Waals surface area contributed by atoms with E-state index in [1.807, 2.05) is 97.1 Å². The lowest BCUT2D eigenvalue weighted by atomic mass is 10.0. The summed E-state index contributed by atoms with van der Waals surface area (Å²) in [7, 11) is 6.44. The molecule has 2 fully saturated rings. The van der Waals surface area contributed by atoms with E-state index in [9.17, 15) is 9.59 Å². The zero-order valence-electron chi connectivity index (χ0n) is 40.9. The van der Waals surface area contributed by atoms with Gasteiger partial charge in [-0.1, -0.05) is 146 Å². The molecule has 0 aromatic heterocycles. The fourth-order valence-electron chi connectivity index (χ4n) is 9.01. The van der Waals surface area contributed by atoms with E-state index in [0.29, 0.717) is 39.0 Å². The van der Waals surface area contributed by atoms with Gasteiger partial charge in [-0.3, -0.25) is 19.4 Å². The van der Waals surface area contributed by atoms with Crippen molar-refractivity contribution in [3.8, 4) is 0 Å². The molecule has 374 valence electrons. The predicted octanol–water partition coefficient (Wildman–Crippen LogP) is 8.03. The molecule has 5 aromatic rings. The van der Waals surface area contributed by atoms with Crippen LogP contribution in [0.25, 0.3) is 0 Å². The highest BCUT2D eigenvalue weighted by Crippen LogP contribution is 2.29. The Bertz CT molecular complexity index is 2100. The minimum absolute atomic E-state index is 0.0166. The van der Waals surface area contributed by atoms with E-state index >= 15 is 0 Å². The van der Waals surface area contributed by atoms with Crippen LogP contribution in [-0.4, -0.2) is 115 Å². The third-order valence-corrected chi connectivity index (χ3v) is 13.0. The van der Waals surface area contributed by atoms with Crippen molar-refractivity contribution in [1.82, 2.24) is 20.4 Å². The van der Waals surface area contributed by atoms with Crippen LogP contribution in [0.3, 0.4) is 0 Å². The van der Waals surface area contributed by atoms with Crippen LogP contribution in [0, 0.1) is 0 Å². The fourth-order valence-corrected chi connectivity index (χ4v) is 9.01. The third-order valence-electron chi connectivity index (χ3n) is 13.0. The maximum absolute atomic E-state index is 13.5. The average Bonchev–Trinajstić information content (AvgIpc) is 3.40. The number of benzene rings is 5. The van der Waals surface area contributed by atoms with Crippen LogP contribution < -0.4 is 10.6 Å². The molecule has 0 aliphatic carbocycles. The Balaban J connectivity index is 1.13. The molecule has 2 heterocycles. The van der Waals surface area contributed by atoms with Gasteiger partial charge in [-0.2, -0.15) is 0 Å². The minimum atomic E-state index is -0.763. The summed E-state index contributed by atoms with van der Waals surface area (Å²) < 4.78 is 49.0. The lowest BCUT2D eigenvalue weighted by Crippen LogP contribution is -2.39. The Hall–Kier alpha value is -5.36. The molecule has 0 spiro atoms. The van der Waals surface area contributed by atoms with Crippen molar-refractivity contribution >= 4 is 11.8 Å². The molecule has 2 aliphatic rings. The van der Waals surface area contributed by atoms with Crippen LogP contribution >= 0.6 is 0 Å². The van der Waals surface area contributed by atoms with E-state index in [0.717, 1.165) is 33.4 Å². The molecule has 5 aromatic carbocycles. The first-order valence-electron chi connectivity index (χ1n) is 24.2. The number of carbonyl (C=O) groups excluding carboxylic acids is 2. The Kier molecular flexibility index (Phi) is 20.9. The van der Waals surface area contributed by atoms with Gasteiger partial charge in [0, 0.05) is 67.5 Å². The van der Waals surface area contributed by atoms with Crippen LogP contribution in [0.5, 0.6) is 0 Å². The summed E-state index contributed by atoms with van der Waals surface area (Å²) in [6, 6.07) is 47.7. The van der Waals surface area contributed by atoms with E-state index in [-0.39, 0.29) is 63.2 Å². The first kappa shape index (κ1) is 52.5. The molecule has 2 amide bonds. The molecule has 2 N–H and O–H groups in total. The molecule has 7 rings (SSSR count). The number of amides is 2. The van der Waals surface area contributed by atoms with Crippen molar-refractivity contribution < 1.29 is 47.5 Å². The number of ether oxygens (including phenoxy) is 8. The SMILES string of the molecule is COC1CCN(Cc2ccc(CN3CCC(OC)OC[C@@H](c4ccccc4)NC(=O)CC(OC)OC[C@H]3c3ccccc3)cc2)[C@H](c2ccccc2)COC(OC)CC(=O)N[C@H](c2ccccc2)CO1. The zero-order chi connectivity index (χ0) is 48.9. The number of nitrogens with one attached hydrogen (secondary N) is 2. The molecule has 8 atom stereocenters. The maximum Gasteiger partial charge on any atom is 0.225 e. The second-order valence-corrected chi connectivity index (χ2v) is 17.7. The van der Waals surface area contributed by atoms with Gasteiger partial charge in [0.1, 0.15) is 0 Å². The van der Waals surface area contributed by atoms with Crippen LogP contribution in [0.15, 0.2) is 146 Å². The number of nitrogens with zero attached hydrogens (tertiary/aromatic N) is 2. The van der Waals surface area contributed by atoms with Crippen molar-refractivity contribution in [2.75, 3.05) is 68.0 Å². The van der Waals surface area contributed by atoms with Gasteiger partial charge >= 0.3 is 0 Å². The highest BCUT2D eigenvalue weighted by atomic mass is 16.7. The minimum Gasteiger partial charge on any atom is -0.356 e. The van der Waals surface area contributed by atoms with Gasteiger partial charge in [0.05, 0.1) is 63.4 Å².